The minimum Gasteiger partial charge on any atom is -0.422 e. The molecule has 33 heavy (non-hydrogen) atoms. The second-order valence-electron chi connectivity index (χ2n) is 8.10. The molecule has 0 bridgehead atoms. The molecule has 3 heterocycles. The summed E-state index contributed by atoms with van der Waals surface area (Å²) in [6.07, 6.45) is 4.20. The molecule has 166 valence electrons. The summed E-state index contributed by atoms with van der Waals surface area (Å²) in [5.74, 6) is 0.557. The normalized spacial score (nSPS) is 13.9. The summed E-state index contributed by atoms with van der Waals surface area (Å²) in [4.78, 5) is 34.0. The zero-order chi connectivity index (χ0) is 22.8. The third-order valence-corrected chi connectivity index (χ3v) is 5.84. The molecule has 1 fully saturated rings. The number of carbonyl (C=O) groups excluding carboxylic acids is 1. The molecule has 8 heteroatoms. The van der Waals surface area contributed by atoms with E-state index >= 15 is 0 Å². The Morgan fingerprint density at radius 2 is 1.82 bits per heavy atom. The molecular weight excluding hydrogens is 418 g/mol. The first-order valence-electron chi connectivity index (χ1n) is 10.9. The van der Waals surface area contributed by atoms with Gasteiger partial charge in [0.25, 0.3) is 0 Å². The maximum absolute atomic E-state index is 12.1. The third kappa shape index (κ3) is 4.27. The van der Waals surface area contributed by atoms with Crippen LogP contribution >= 0.6 is 0 Å². The van der Waals surface area contributed by atoms with Crippen molar-refractivity contribution in [3.05, 3.63) is 82.9 Å². The fraction of sp³-hybridized carbons (Fsp3) is 0.200. The van der Waals surface area contributed by atoms with Gasteiger partial charge in [0.2, 0.25) is 5.91 Å². The van der Waals surface area contributed by atoms with Crippen LogP contribution in [0.4, 0.5) is 11.5 Å². The highest BCUT2D eigenvalue weighted by molar-refractivity contribution is 5.88. The molecule has 2 N–H and O–H groups in total. The first-order chi connectivity index (χ1) is 16.1. The summed E-state index contributed by atoms with van der Waals surface area (Å²) in [6.45, 7) is 1.47. The van der Waals surface area contributed by atoms with Crippen LogP contribution in [0.1, 0.15) is 24.8 Å². The van der Waals surface area contributed by atoms with Gasteiger partial charge in [-0.3, -0.25) is 4.79 Å². The van der Waals surface area contributed by atoms with Gasteiger partial charge >= 0.3 is 5.69 Å². The van der Waals surface area contributed by atoms with E-state index in [0.29, 0.717) is 28.9 Å². The van der Waals surface area contributed by atoms with Gasteiger partial charge < -0.3 is 15.4 Å². The molecule has 0 spiro atoms. The summed E-state index contributed by atoms with van der Waals surface area (Å²) in [5.41, 5.74) is 3.23. The monoisotopic (exact) mass is 441 g/mol. The largest absolute Gasteiger partial charge is 0.422 e. The van der Waals surface area contributed by atoms with Crippen LogP contribution in [0.25, 0.3) is 22.2 Å². The molecule has 1 amide bonds. The van der Waals surface area contributed by atoms with Crippen molar-refractivity contribution in [3.8, 4) is 11.1 Å². The average molecular weight is 441 g/mol. The Hall–Kier alpha value is -4.20. The van der Waals surface area contributed by atoms with Crippen LogP contribution in [0.3, 0.4) is 0 Å². The lowest BCUT2D eigenvalue weighted by molar-refractivity contribution is -0.133. The molecule has 0 radical (unpaired) electrons. The van der Waals surface area contributed by atoms with Crippen molar-refractivity contribution in [2.75, 3.05) is 11.9 Å². The number of fused-ring (bicyclic) bond motifs is 1. The van der Waals surface area contributed by atoms with Crippen molar-refractivity contribution < 1.29 is 10.0 Å². The number of likely N-dealkylation sites (tertiary alicyclic amines) is 1. The van der Waals surface area contributed by atoms with Gasteiger partial charge in [-0.1, -0.05) is 36.4 Å². The van der Waals surface area contributed by atoms with E-state index < -0.39 is 5.69 Å². The fourth-order valence-corrected chi connectivity index (χ4v) is 4.10. The van der Waals surface area contributed by atoms with E-state index in [0.717, 1.165) is 41.8 Å². The minimum atomic E-state index is -0.803. The van der Waals surface area contributed by atoms with Gasteiger partial charge in [0, 0.05) is 31.4 Å². The molecule has 0 saturated carbocycles. The van der Waals surface area contributed by atoms with Crippen molar-refractivity contribution in [2.45, 2.75) is 25.8 Å². The van der Waals surface area contributed by atoms with E-state index in [2.05, 4.69) is 27.4 Å². The van der Waals surface area contributed by atoms with E-state index in [-0.39, 0.29) is 11.6 Å². The molecule has 0 atom stereocenters. The molecule has 5 rings (SSSR count). The second kappa shape index (κ2) is 8.74. The number of nitrogens with one attached hydrogen (secondary N) is 1. The Labute approximate surface area is 190 Å². The lowest BCUT2D eigenvalue weighted by atomic mass is 10.0. The molecule has 2 aromatic carbocycles. The summed E-state index contributed by atoms with van der Waals surface area (Å²) in [7, 11) is 0. The summed E-state index contributed by atoms with van der Waals surface area (Å²) < 4.78 is 0.440. The van der Waals surface area contributed by atoms with Crippen LogP contribution in [-0.4, -0.2) is 37.3 Å². The maximum Gasteiger partial charge on any atom is 0.384 e. The van der Waals surface area contributed by atoms with E-state index in [1.807, 2.05) is 41.3 Å². The Morgan fingerprint density at radius 3 is 2.64 bits per heavy atom. The number of rotatable bonds is 5. The Bertz CT molecular complexity index is 1380. The van der Waals surface area contributed by atoms with Gasteiger partial charge in [0.05, 0.1) is 5.39 Å². The lowest BCUT2D eigenvalue weighted by Gasteiger charge is -2.26. The zero-order valence-corrected chi connectivity index (χ0v) is 17.9. The predicted octanol–water partition coefficient (Wildman–Crippen LogP) is 3.95. The number of anilines is 2. The van der Waals surface area contributed by atoms with Crippen molar-refractivity contribution in [2.24, 2.45) is 0 Å². The first-order valence-corrected chi connectivity index (χ1v) is 10.9. The maximum atomic E-state index is 12.1. The Kier molecular flexibility index (Phi) is 5.48. The summed E-state index contributed by atoms with van der Waals surface area (Å²) >= 11 is 0. The number of nitrogens with zero attached hydrogens (tertiary/aromatic N) is 4. The van der Waals surface area contributed by atoms with Crippen molar-refractivity contribution in [3.63, 3.8) is 0 Å². The smallest absolute Gasteiger partial charge is 0.384 e. The van der Waals surface area contributed by atoms with Crippen LogP contribution < -0.4 is 11.0 Å². The number of hydrogen-bond donors (Lipinski definition) is 2. The van der Waals surface area contributed by atoms with Crippen LogP contribution in [0.2, 0.25) is 0 Å². The van der Waals surface area contributed by atoms with Crippen LogP contribution in [-0.2, 0) is 11.3 Å². The van der Waals surface area contributed by atoms with Crippen molar-refractivity contribution in [1.29, 1.82) is 0 Å². The molecule has 1 aliphatic rings. The van der Waals surface area contributed by atoms with Gasteiger partial charge in [0.1, 0.15) is 5.82 Å². The van der Waals surface area contributed by atoms with Crippen molar-refractivity contribution >= 4 is 28.4 Å². The predicted molar refractivity (Wildman–Crippen MR) is 125 cm³/mol. The SMILES string of the molecule is O=C1CCCCN1Cc1ccc(-c2cccc(Nc3nc(=O)n(O)c4ncccc34)c2)cc1. The Morgan fingerprint density at radius 1 is 0.970 bits per heavy atom. The molecule has 1 saturated heterocycles. The third-order valence-electron chi connectivity index (χ3n) is 5.84. The summed E-state index contributed by atoms with van der Waals surface area (Å²) in [5, 5.41) is 13.6. The van der Waals surface area contributed by atoms with Crippen molar-refractivity contribution in [1.82, 2.24) is 19.6 Å². The van der Waals surface area contributed by atoms with E-state index in [1.54, 1.807) is 12.1 Å². The fourth-order valence-electron chi connectivity index (χ4n) is 4.10. The van der Waals surface area contributed by atoms with Gasteiger partial charge in [0.15, 0.2) is 5.65 Å². The highest BCUT2D eigenvalue weighted by Gasteiger charge is 2.18. The number of pyridine rings is 1. The molecule has 2 aromatic heterocycles. The standard InChI is InChI=1S/C25H23N5O3/c31-22-8-1-2-14-29(22)16-17-9-11-18(12-10-17)19-5-3-6-20(15-19)27-23-21-7-4-13-26-24(21)30(33)25(32)28-23/h3-7,9-13,15,33H,1-2,8,14,16H2,(H,27,28,32). The highest BCUT2D eigenvalue weighted by Crippen LogP contribution is 2.27. The lowest BCUT2D eigenvalue weighted by Crippen LogP contribution is -2.34. The number of piperidine rings is 1. The van der Waals surface area contributed by atoms with Crippen LogP contribution in [0.5, 0.6) is 0 Å². The number of aromatic nitrogens is 3. The molecular formula is C25H23N5O3. The van der Waals surface area contributed by atoms with Gasteiger partial charge in [-0.25, -0.2) is 9.78 Å². The molecule has 8 nitrogen and oxygen atoms in total. The Balaban J connectivity index is 1.38. The van der Waals surface area contributed by atoms with Crippen LogP contribution in [0.15, 0.2) is 71.7 Å². The number of carbonyl (C=O) groups is 1. The summed E-state index contributed by atoms with van der Waals surface area (Å²) in [6, 6.07) is 19.4. The van der Waals surface area contributed by atoms with Crippen LogP contribution in [0, 0.1) is 0 Å². The number of hydrogen-bond acceptors (Lipinski definition) is 6. The van der Waals surface area contributed by atoms with Gasteiger partial charge in [-0.2, -0.15) is 4.98 Å². The molecule has 1 aliphatic heterocycles. The topological polar surface area (TPSA) is 100 Å². The van der Waals surface area contributed by atoms with E-state index in [1.165, 1.54) is 6.20 Å². The quantitative estimate of drug-likeness (QED) is 0.455. The zero-order valence-electron chi connectivity index (χ0n) is 17.9. The average Bonchev–Trinajstić information content (AvgIpc) is 2.84. The van der Waals surface area contributed by atoms with E-state index in [9.17, 15) is 14.8 Å². The van der Waals surface area contributed by atoms with Gasteiger partial charge in [-0.15, -0.1) is 4.73 Å². The highest BCUT2D eigenvalue weighted by atomic mass is 16.5. The van der Waals surface area contributed by atoms with Gasteiger partial charge in [-0.05, 0) is 53.8 Å². The number of amides is 1. The minimum absolute atomic E-state index is 0.138. The molecule has 0 unspecified atom stereocenters. The van der Waals surface area contributed by atoms with E-state index in [4.69, 9.17) is 0 Å². The molecule has 0 aliphatic carbocycles. The first kappa shape index (κ1) is 20.7. The molecule has 4 aromatic rings. The second-order valence-corrected chi connectivity index (χ2v) is 8.10. The number of benzene rings is 2.